The maximum absolute atomic E-state index is 6.12. The number of halogens is 2. The number of benzene rings is 3. The minimum absolute atomic E-state index is 0.162. The van der Waals surface area contributed by atoms with Gasteiger partial charge in [-0.05, 0) is 90.4 Å². The van der Waals surface area contributed by atoms with Gasteiger partial charge in [-0.1, -0.05) is 90.1 Å². The summed E-state index contributed by atoms with van der Waals surface area (Å²) in [4.78, 5) is 0. The molecule has 0 aromatic heterocycles. The lowest BCUT2D eigenvalue weighted by atomic mass is 9.87. The minimum Gasteiger partial charge on any atom is -0.488 e. The fraction of sp³-hybridized carbons (Fsp3) is 0.357. The molecule has 0 aliphatic carbocycles. The van der Waals surface area contributed by atoms with E-state index in [0.717, 1.165) is 18.6 Å². The molecule has 0 atom stereocenters. The molecule has 3 aromatic carbocycles. The van der Waals surface area contributed by atoms with E-state index in [0.29, 0.717) is 13.2 Å². The normalized spacial score (nSPS) is 12.0. The summed E-state index contributed by atoms with van der Waals surface area (Å²) < 4.78 is 14.3. The number of ether oxygens (including phenoxy) is 2. The van der Waals surface area contributed by atoms with Crippen molar-refractivity contribution in [1.29, 1.82) is 0 Å². The largest absolute Gasteiger partial charge is 0.488 e. The average Bonchev–Trinajstić information content (AvgIpc) is 2.72. The number of hydrogen-bond donors (Lipinski definition) is 0. The van der Waals surface area contributed by atoms with Crippen LogP contribution in [0.1, 0.15) is 63.8 Å². The molecule has 3 rings (SSSR count). The van der Waals surface area contributed by atoms with Gasteiger partial charge in [-0.25, -0.2) is 0 Å². The zero-order chi connectivity index (χ0) is 23.5. The lowest BCUT2D eigenvalue weighted by Gasteiger charge is -2.19. The zero-order valence-electron chi connectivity index (χ0n) is 19.8. The first-order chi connectivity index (χ1) is 14.9. The van der Waals surface area contributed by atoms with Crippen molar-refractivity contribution in [2.24, 2.45) is 0 Å². The molecule has 4 heteroatoms. The van der Waals surface area contributed by atoms with Crippen molar-refractivity contribution in [1.82, 2.24) is 0 Å². The molecule has 0 aliphatic heterocycles. The van der Waals surface area contributed by atoms with Gasteiger partial charge in [0.25, 0.3) is 0 Å². The molecule has 0 saturated carbocycles. The molecule has 0 N–H and O–H groups in total. The second-order valence-corrected chi connectivity index (χ2v) is 12.5. The first kappa shape index (κ1) is 25.3. The third kappa shape index (κ3) is 6.86. The molecule has 0 fully saturated rings. The van der Waals surface area contributed by atoms with E-state index >= 15 is 0 Å². The summed E-state index contributed by atoms with van der Waals surface area (Å²) in [6.45, 7) is 14.5. The smallest absolute Gasteiger partial charge is 0.134 e. The van der Waals surface area contributed by atoms with Crippen LogP contribution in [-0.2, 0) is 24.0 Å². The Kier molecular flexibility index (Phi) is 8.18. The molecule has 3 aromatic rings. The van der Waals surface area contributed by atoms with Gasteiger partial charge in [0.2, 0.25) is 0 Å². The van der Waals surface area contributed by atoms with Gasteiger partial charge in [-0.15, -0.1) is 0 Å². The Labute approximate surface area is 220 Å². The Morgan fingerprint density at radius 3 is 1.16 bits per heavy atom. The van der Waals surface area contributed by atoms with E-state index in [9.17, 15) is 0 Å². The van der Waals surface area contributed by atoms with Crippen LogP contribution in [0.4, 0.5) is 0 Å². The van der Waals surface area contributed by atoms with Gasteiger partial charge in [0.15, 0.2) is 0 Å². The molecule has 0 saturated heterocycles. The number of hydrogen-bond acceptors (Lipinski definition) is 2. The van der Waals surface area contributed by atoms with E-state index < -0.39 is 0 Å². The highest BCUT2D eigenvalue weighted by Crippen LogP contribution is 2.32. The molecule has 0 bridgehead atoms. The standard InChI is InChI=1S/C28H32I2O2/c1-27(2,3)21-11-7-19(8-12-21)17-31-25-15-24(30)26(16-23(25)29)32-18-20-9-13-22(14-10-20)28(4,5)6/h7-16H,17-18H2,1-6H3. The van der Waals surface area contributed by atoms with Crippen LogP contribution in [0.2, 0.25) is 0 Å². The first-order valence-electron chi connectivity index (χ1n) is 10.9. The third-order valence-corrected chi connectivity index (χ3v) is 7.10. The van der Waals surface area contributed by atoms with Gasteiger partial charge in [0.05, 0.1) is 7.14 Å². The van der Waals surface area contributed by atoms with Crippen molar-refractivity contribution in [3.05, 3.63) is 90.1 Å². The van der Waals surface area contributed by atoms with Crippen LogP contribution < -0.4 is 9.47 Å². The van der Waals surface area contributed by atoms with Crippen molar-refractivity contribution < 1.29 is 9.47 Å². The summed E-state index contributed by atoms with van der Waals surface area (Å²) in [5.74, 6) is 1.77. The number of rotatable bonds is 6. The predicted molar refractivity (Wildman–Crippen MR) is 151 cm³/mol. The van der Waals surface area contributed by atoms with Crippen LogP contribution >= 0.6 is 45.2 Å². The van der Waals surface area contributed by atoms with Gasteiger partial charge in [-0.3, -0.25) is 0 Å². The monoisotopic (exact) mass is 654 g/mol. The van der Waals surface area contributed by atoms with Crippen molar-refractivity contribution in [3.8, 4) is 11.5 Å². The molecule has 32 heavy (non-hydrogen) atoms. The van der Waals surface area contributed by atoms with Gasteiger partial charge < -0.3 is 9.47 Å². The van der Waals surface area contributed by atoms with Crippen molar-refractivity contribution in [2.45, 2.75) is 65.6 Å². The molecule has 0 aliphatic rings. The average molecular weight is 654 g/mol. The molecule has 0 unspecified atom stereocenters. The van der Waals surface area contributed by atoms with E-state index in [1.807, 2.05) is 0 Å². The van der Waals surface area contributed by atoms with Crippen LogP contribution in [-0.4, -0.2) is 0 Å². The topological polar surface area (TPSA) is 18.5 Å². The van der Waals surface area contributed by atoms with Gasteiger partial charge in [-0.2, -0.15) is 0 Å². The quantitative estimate of drug-likeness (QED) is 0.248. The predicted octanol–water partition coefficient (Wildman–Crippen LogP) is 8.65. The summed E-state index contributed by atoms with van der Waals surface area (Å²) in [5, 5.41) is 0. The summed E-state index contributed by atoms with van der Waals surface area (Å²) >= 11 is 4.64. The summed E-state index contributed by atoms with van der Waals surface area (Å²) in [5.41, 5.74) is 5.33. The van der Waals surface area contributed by atoms with Crippen LogP contribution in [0.3, 0.4) is 0 Å². The van der Waals surface area contributed by atoms with Crippen molar-refractivity contribution >= 4 is 45.2 Å². The molecule has 0 amide bonds. The second-order valence-electron chi connectivity index (χ2n) is 10.2. The van der Waals surface area contributed by atoms with Crippen molar-refractivity contribution in [2.75, 3.05) is 0 Å². The van der Waals surface area contributed by atoms with E-state index in [2.05, 4.69) is 147 Å². The highest BCUT2D eigenvalue weighted by molar-refractivity contribution is 14.1. The Morgan fingerprint density at radius 1 is 0.562 bits per heavy atom. The first-order valence-corrected chi connectivity index (χ1v) is 13.0. The van der Waals surface area contributed by atoms with Gasteiger partial charge >= 0.3 is 0 Å². The van der Waals surface area contributed by atoms with E-state index in [-0.39, 0.29) is 10.8 Å². The molecule has 0 heterocycles. The molecule has 170 valence electrons. The Morgan fingerprint density at radius 2 is 0.875 bits per heavy atom. The Bertz CT molecular complexity index is 954. The lowest BCUT2D eigenvalue weighted by molar-refractivity contribution is 0.293. The highest BCUT2D eigenvalue weighted by atomic mass is 127. The third-order valence-electron chi connectivity index (χ3n) is 5.42. The Balaban J connectivity index is 1.62. The SMILES string of the molecule is CC(C)(C)c1ccc(COc2cc(I)c(OCc3ccc(C(C)(C)C)cc3)cc2I)cc1. The van der Waals surface area contributed by atoms with Crippen LogP contribution in [0, 0.1) is 7.14 Å². The van der Waals surface area contributed by atoms with Crippen LogP contribution in [0.25, 0.3) is 0 Å². The van der Waals surface area contributed by atoms with Gasteiger partial charge in [0, 0.05) is 0 Å². The Hall–Kier alpha value is -1.28. The van der Waals surface area contributed by atoms with E-state index in [1.54, 1.807) is 0 Å². The molecule has 2 nitrogen and oxygen atoms in total. The lowest BCUT2D eigenvalue weighted by Crippen LogP contribution is -2.11. The van der Waals surface area contributed by atoms with Gasteiger partial charge in [0.1, 0.15) is 24.7 Å². The van der Waals surface area contributed by atoms with Crippen LogP contribution in [0.5, 0.6) is 11.5 Å². The maximum Gasteiger partial charge on any atom is 0.134 e. The zero-order valence-corrected chi connectivity index (χ0v) is 24.1. The molecule has 0 radical (unpaired) electrons. The fourth-order valence-corrected chi connectivity index (χ4v) is 4.44. The summed E-state index contributed by atoms with van der Waals surface area (Å²) in [6, 6.07) is 21.5. The summed E-state index contributed by atoms with van der Waals surface area (Å²) in [6.07, 6.45) is 0. The molecular formula is C28H32I2O2. The van der Waals surface area contributed by atoms with Crippen molar-refractivity contribution in [3.63, 3.8) is 0 Å². The van der Waals surface area contributed by atoms with E-state index in [1.165, 1.54) is 22.3 Å². The molecular weight excluding hydrogens is 622 g/mol. The fourth-order valence-electron chi connectivity index (χ4n) is 3.26. The molecule has 0 spiro atoms. The van der Waals surface area contributed by atoms with Crippen LogP contribution in [0.15, 0.2) is 60.7 Å². The van der Waals surface area contributed by atoms with E-state index in [4.69, 9.17) is 9.47 Å². The highest BCUT2D eigenvalue weighted by Gasteiger charge is 2.15. The summed E-state index contributed by atoms with van der Waals surface area (Å²) in [7, 11) is 0. The maximum atomic E-state index is 6.12. The second kappa shape index (κ2) is 10.3. The minimum atomic E-state index is 0.162.